The first kappa shape index (κ1) is 17.4. The molecule has 1 aliphatic rings. The predicted molar refractivity (Wildman–Crippen MR) is 97.3 cm³/mol. The average molecular weight is 331 g/mol. The summed E-state index contributed by atoms with van der Waals surface area (Å²) in [6.07, 6.45) is 2.27. The number of amides is 1. The van der Waals surface area contributed by atoms with E-state index in [0.29, 0.717) is 17.8 Å². The molecular formula is C19H23ClN2O. The summed E-state index contributed by atoms with van der Waals surface area (Å²) in [6.45, 7) is 4.76. The summed E-state index contributed by atoms with van der Waals surface area (Å²) in [5.41, 5.74) is 10.8. The van der Waals surface area contributed by atoms with Gasteiger partial charge in [0.15, 0.2) is 0 Å². The molecule has 1 aliphatic carbocycles. The summed E-state index contributed by atoms with van der Waals surface area (Å²) in [5, 5.41) is 3.10. The van der Waals surface area contributed by atoms with Crippen molar-refractivity contribution in [3.05, 3.63) is 64.7 Å². The number of carbonyl (C=O) groups excluding carboxylic acids is 1. The van der Waals surface area contributed by atoms with Crippen LogP contribution >= 0.6 is 12.4 Å². The first-order valence-electron chi connectivity index (χ1n) is 7.72. The van der Waals surface area contributed by atoms with E-state index in [1.54, 1.807) is 6.07 Å². The highest BCUT2D eigenvalue weighted by atomic mass is 35.5. The van der Waals surface area contributed by atoms with Crippen molar-refractivity contribution in [2.75, 3.05) is 12.3 Å². The summed E-state index contributed by atoms with van der Waals surface area (Å²) in [6, 6.07) is 13.9. The van der Waals surface area contributed by atoms with Gasteiger partial charge < -0.3 is 11.1 Å². The van der Waals surface area contributed by atoms with E-state index in [1.807, 2.05) is 19.1 Å². The number of aryl methyl sites for hydroxylation is 2. The lowest BCUT2D eigenvalue weighted by Gasteiger charge is -2.19. The summed E-state index contributed by atoms with van der Waals surface area (Å²) < 4.78 is 0. The van der Waals surface area contributed by atoms with Gasteiger partial charge in [-0.15, -0.1) is 12.4 Å². The zero-order valence-electron chi connectivity index (χ0n) is 13.6. The summed E-state index contributed by atoms with van der Waals surface area (Å²) in [5.74, 6) is -0.0374. The Morgan fingerprint density at radius 3 is 2.48 bits per heavy atom. The van der Waals surface area contributed by atoms with Crippen molar-refractivity contribution in [3.8, 4) is 0 Å². The maximum absolute atomic E-state index is 12.4. The molecule has 1 fully saturated rings. The fourth-order valence-electron chi connectivity index (χ4n) is 3.09. The molecule has 0 unspecified atom stereocenters. The molecule has 0 aromatic heterocycles. The molecule has 0 atom stereocenters. The van der Waals surface area contributed by atoms with Gasteiger partial charge in [-0.1, -0.05) is 30.3 Å². The first-order chi connectivity index (χ1) is 10.5. The minimum atomic E-state index is -0.0374. The topological polar surface area (TPSA) is 55.1 Å². The summed E-state index contributed by atoms with van der Waals surface area (Å²) in [4.78, 5) is 12.4. The van der Waals surface area contributed by atoms with Crippen LogP contribution in [0.5, 0.6) is 0 Å². The third kappa shape index (κ3) is 3.50. The van der Waals surface area contributed by atoms with Gasteiger partial charge in [0.1, 0.15) is 0 Å². The Morgan fingerprint density at radius 1 is 1.13 bits per heavy atom. The van der Waals surface area contributed by atoms with Gasteiger partial charge in [0, 0.05) is 23.2 Å². The van der Waals surface area contributed by atoms with E-state index >= 15 is 0 Å². The van der Waals surface area contributed by atoms with Crippen molar-refractivity contribution in [1.82, 2.24) is 5.32 Å². The fourth-order valence-corrected chi connectivity index (χ4v) is 3.09. The van der Waals surface area contributed by atoms with Crippen molar-refractivity contribution in [1.29, 1.82) is 0 Å². The quantitative estimate of drug-likeness (QED) is 0.838. The highest BCUT2D eigenvalue weighted by molar-refractivity contribution is 5.96. The minimum Gasteiger partial charge on any atom is -0.399 e. The van der Waals surface area contributed by atoms with E-state index in [1.165, 1.54) is 11.1 Å². The first-order valence-corrected chi connectivity index (χ1v) is 7.72. The van der Waals surface area contributed by atoms with Crippen LogP contribution in [0.4, 0.5) is 5.69 Å². The molecule has 3 rings (SSSR count). The highest BCUT2D eigenvalue weighted by Crippen LogP contribution is 2.48. The Hall–Kier alpha value is -2.00. The van der Waals surface area contributed by atoms with Crippen LogP contribution < -0.4 is 11.1 Å². The molecule has 1 saturated carbocycles. The van der Waals surface area contributed by atoms with E-state index in [0.717, 1.165) is 18.4 Å². The largest absolute Gasteiger partial charge is 0.399 e. The van der Waals surface area contributed by atoms with Crippen LogP contribution in [-0.4, -0.2) is 12.5 Å². The van der Waals surface area contributed by atoms with Gasteiger partial charge in [-0.25, -0.2) is 0 Å². The number of hydrogen-bond donors (Lipinski definition) is 2. The zero-order valence-corrected chi connectivity index (χ0v) is 14.4. The monoisotopic (exact) mass is 330 g/mol. The van der Waals surface area contributed by atoms with Crippen molar-refractivity contribution >= 4 is 24.0 Å². The van der Waals surface area contributed by atoms with Gasteiger partial charge in [0.2, 0.25) is 0 Å². The molecule has 122 valence electrons. The molecule has 3 nitrogen and oxygen atoms in total. The lowest BCUT2D eigenvalue weighted by molar-refractivity contribution is 0.0949. The molecule has 0 heterocycles. The standard InChI is InChI=1S/C19H22N2O.ClH/c1-13-7-8-15(20)11-16(13)18(22)21-12-19(9-10-19)17-6-4-3-5-14(17)2;/h3-8,11H,9-10,12,20H2,1-2H3,(H,21,22);1H. The average Bonchev–Trinajstić information content (AvgIpc) is 3.29. The number of carbonyl (C=O) groups is 1. The van der Waals surface area contributed by atoms with Crippen LogP contribution in [0.15, 0.2) is 42.5 Å². The highest BCUT2D eigenvalue weighted by Gasteiger charge is 2.45. The van der Waals surface area contributed by atoms with Crippen LogP contribution in [0.2, 0.25) is 0 Å². The second kappa shape index (κ2) is 6.63. The van der Waals surface area contributed by atoms with Crippen molar-refractivity contribution < 1.29 is 4.79 Å². The normalized spacial score (nSPS) is 14.7. The van der Waals surface area contributed by atoms with Crippen LogP contribution in [0.3, 0.4) is 0 Å². The molecular weight excluding hydrogens is 308 g/mol. The number of rotatable bonds is 4. The number of hydrogen-bond acceptors (Lipinski definition) is 2. The van der Waals surface area contributed by atoms with Crippen molar-refractivity contribution in [2.45, 2.75) is 32.1 Å². The summed E-state index contributed by atoms with van der Waals surface area (Å²) in [7, 11) is 0. The zero-order chi connectivity index (χ0) is 15.7. The molecule has 3 N–H and O–H groups in total. The Morgan fingerprint density at radius 2 is 1.83 bits per heavy atom. The van der Waals surface area contributed by atoms with Gasteiger partial charge in [-0.2, -0.15) is 0 Å². The molecule has 0 radical (unpaired) electrons. The van der Waals surface area contributed by atoms with Crippen LogP contribution in [0.25, 0.3) is 0 Å². The number of nitrogens with two attached hydrogens (primary N) is 1. The van der Waals surface area contributed by atoms with E-state index in [2.05, 4.69) is 36.5 Å². The van der Waals surface area contributed by atoms with Crippen molar-refractivity contribution in [3.63, 3.8) is 0 Å². The Balaban J connectivity index is 0.00000192. The van der Waals surface area contributed by atoms with Gasteiger partial charge in [0.25, 0.3) is 5.91 Å². The molecule has 4 heteroatoms. The lowest BCUT2D eigenvalue weighted by atomic mass is 9.91. The van der Waals surface area contributed by atoms with E-state index in [-0.39, 0.29) is 23.7 Å². The van der Waals surface area contributed by atoms with Gasteiger partial charge in [0.05, 0.1) is 0 Å². The summed E-state index contributed by atoms with van der Waals surface area (Å²) >= 11 is 0. The number of benzene rings is 2. The van der Waals surface area contributed by atoms with Gasteiger partial charge in [-0.05, 0) is 55.5 Å². The smallest absolute Gasteiger partial charge is 0.251 e. The van der Waals surface area contributed by atoms with Crippen LogP contribution in [0.1, 0.15) is 39.9 Å². The minimum absolute atomic E-state index is 0. The number of halogens is 1. The SMILES string of the molecule is Cc1ccc(N)cc1C(=O)NCC1(c2ccccc2C)CC1.Cl. The molecule has 0 aliphatic heterocycles. The second-order valence-corrected chi connectivity index (χ2v) is 6.35. The molecule has 2 aromatic carbocycles. The van der Waals surface area contributed by atoms with Crippen molar-refractivity contribution in [2.24, 2.45) is 0 Å². The van der Waals surface area contributed by atoms with Gasteiger partial charge >= 0.3 is 0 Å². The Labute approximate surface area is 143 Å². The predicted octanol–water partition coefficient (Wildman–Crippen LogP) is 3.77. The third-order valence-electron chi connectivity index (χ3n) is 4.66. The van der Waals surface area contributed by atoms with Gasteiger partial charge in [-0.3, -0.25) is 4.79 Å². The molecule has 1 amide bonds. The fraction of sp³-hybridized carbons (Fsp3) is 0.316. The number of nitrogens with one attached hydrogen (secondary N) is 1. The van der Waals surface area contributed by atoms with Crippen LogP contribution in [0, 0.1) is 13.8 Å². The lowest BCUT2D eigenvalue weighted by Crippen LogP contribution is -2.33. The molecule has 0 bridgehead atoms. The second-order valence-electron chi connectivity index (χ2n) is 6.35. The third-order valence-corrected chi connectivity index (χ3v) is 4.66. The van der Waals surface area contributed by atoms with E-state index in [4.69, 9.17) is 5.73 Å². The molecule has 0 spiro atoms. The maximum Gasteiger partial charge on any atom is 0.251 e. The molecule has 2 aromatic rings. The van der Waals surface area contributed by atoms with Crippen LogP contribution in [-0.2, 0) is 5.41 Å². The number of anilines is 1. The number of nitrogen functional groups attached to an aromatic ring is 1. The molecule has 0 saturated heterocycles. The molecule has 23 heavy (non-hydrogen) atoms. The maximum atomic E-state index is 12.4. The van der Waals surface area contributed by atoms with E-state index in [9.17, 15) is 4.79 Å². The Bertz CT molecular complexity index is 723. The van der Waals surface area contributed by atoms with E-state index < -0.39 is 0 Å². The Kier molecular flexibility index (Phi) is 5.00.